The van der Waals surface area contributed by atoms with Crippen LogP contribution in [0, 0.1) is 5.92 Å². The molecule has 2 unspecified atom stereocenters. The van der Waals surface area contributed by atoms with Gasteiger partial charge in [-0.25, -0.2) is 0 Å². The Bertz CT molecular complexity index is 459. The summed E-state index contributed by atoms with van der Waals surface area (Å²) in [5.41, 5.74) is 0.986. The van der Waals surface area contributed by atoms with Gasteiger partial charge in [0.15, 0.2) is 0 Å². The summed E-state index contributed by atoms with van der Waals surface area (Å²) in [5, 5.41) is 0. The number of ketones is 1. The normalized spacial score (nSPS) is 26.6. The SMILES string of the molecule is CC(=O)C1C(c2ccc(Br)c(Br)c2)C1(Cl)Cl. The summed E-state index contributed by atoms with van der Waals surface area (Å²) in [5.74, 6) is -0.351. The van der Waals surface area contributed by atoms with Gasteiger partial charge in [0.25, 0.3) is 0 Å². The molecule has 1 nitrogen and oxygen atoms in total. The van der Waals surface area contributed by atoms with E-state index in [2.05, 4.69) is 31.9 Å². The van der Waals surface area contributed by atoms with Crippen LogP contribution in [0.5, 0.6) is 0 Å². The first-order valence-corrected chi connectivity index (χ1v) is 7.03. The third-order valence-electron chi connectivity index (χ3n) is 2.79. The fourth-order valence-electron chi connectivity index (χ4n) is 1.95. The Hall–Kier alpha value is 0.430. The molecule has 1 aromatic rings. The molecule has 1 aromatic carbocycles. The molecule has 2 rings (SSSR count). The lowest BCUT2D eigenvalue weighted by Crippen LogP contribution is -1.99. The maximum atomic E-state index is 11.4. The van der Waals surface area contributed by atoms with Crippen LogP contribution in [0.3, 0.4) is 0 Å². The first kappa shape index (κ1) is 12.9. The molecule has 1 aliphatic carbocycles. The largest absolute Gasteiger partial charge is 0.300 e. The highest BCUT2D eigenvalue weighted by Gasteiger charge is 2.66. The van der Waals surface area contributed by atoms with E-state index in [0.717, 1.165) is 14.5 Å². The summed E-state index contributed by atoms with van der Waals surface area (Å²) >= 11 is 19.0. The number of benzene rings is 1. The molecule has 16 heavy (non-hydrogen) atoms. The van der Waals surface area contributed by atoms with Gasteiger partial charge in [0.2, 0.25) is 0 Å². The van der Waals surface area contributed by atoms with Crippen LogP contribution in [-0.4, -0.2) is 10.1 Å². The Morgan fingerprint density at radius 1 is 1.31 bits per heavy atom. The molecule has 0 saturated heterocycles. The topological polar surface area (TPSA) is 17.1 Å². The fraction of sp³-hybridized carbons (Fsp3) is 0.364. The van der Waals surface area contributed by atoms with E-state index in [0.29, 0.717) is 0 Å². The van der Waals surface area contributed by atoms with E-state index in [1.54, 1.807) is 0 Å². The maximum Gasteiger partial charge on any atom is 0.136 e. The number of halogens is 4. The van der Waals surface area contributed by atoms with Crippen molar-refractivity contribution in [3.8, 4) is 0 Å². The summed E-state index contributed by atoms with van der Waals surface area (Å²) in [6.45, 7) is 1.53. The number of alkyl halides is 2. The molecule has 0 bridgehead atoms. The lowest BCUT2D eigenvalue weighted by atomic mass is 10.1. The van der Waals surface area contributed by atoms with E-state index in [-0.39, 0.29) is 17.6 Å². The second kappa shape index (κ2) is 4.27. The number of hydrogen-bond donors (Lipinski definition) is 0. The molecule has 0 heterocycles. The molecule has 1 fully saturated rings. The number of hydrogen-bond acceptors (Lipinski definition) is 1. The van der Waals surface area contributed by atoms with Crippen LogP contribution in [0.4, 0.5) is 0 Å². The lowest BCUT2D eigenvalue weighted by molar-refractivity contribution is -0.118. The second-order valence-corrected chi connectivity index (χ2v) is 7.07. The number of rotatable bonds is 2. The highest BCUT2D eigenvalue weighted by atomic mass is 79.9. The molecule has 86 valence electrons. The Kier molecular flexibility index (Phi) is 3.44. The van der Waals surface area contributed by atoms with Crippen LogP contribution < -0.4 is 0 Å². The minimum Gasteiger partial charge on any atom is -0.300 e. The Morgan fingerprint density at radius 3 is 2.38 bits per heavy atom. The third kappa shape index (κ3) is 2.07. The molecule has 0 aliphatic heterocycles. The first-order valence-electron chi connectivity index (χ1n) is 4.69. The summed E-state index contributed by atoms with van der Waals surface area (Å²) in [6.07, 6.45) is 0. The Balaban J connectivity index is 2.33. The number of carbonyl (C=O) groups is 1. The van der Waals surface area contributed by atoms with Crippen molar-refractivity contribution in [2.24, 2.45) is 5.92 Å². The molecule has 1 aliphatic rings. The zero-order valence-corrected chi connectivity index (χ0v) is 13.0. The quantitative estimate of drug-likeness (QED) is 0.674. The molecule has 5 heteroatoms. The van der Waals surface area contributed by atoms with E-state index in [1.807, 2.05) is 18.2 Å². The monoisotopic (exact) mass is 384 g/mol. The summed E-state index contributed by atoms with van der Waals surface area (Å²) in [4.78, 5) is 11.4. The Labute approximate surface area is 121 Å². The van der Waals surface area contributed by atoms with Crippen LogP contribution in [0.25, 0.3) is 0 Å². The molecule has 2 atom stereocenters. The van der Waals surface area contributed by atoms with Crippen LogP contribution >= 0.6 is 55.1 Å². The van der Waals surface area contributed by atoms with Crippen molar-refractivity contribution in [3.63, 3.8) is 0 Å². The van der Waals surface area contributed by atoms with Gasteiger partial charge in [-0.05, 0) is 56.5 Å². The van der Waals surface area contributed by atoms with Gasteiger partial charge in [-0.2, -0.15) is 0 Å². The molecule has 0 amide bonds. The molecular weight excluding hydrogens is 379 g/mol. The predicted octanol–water partition coefficient (Wildman–Crippen LogP) is 4.69. The van der Waals surface area contributed by atoms with Crippen molar-refractivity contribution in [3.05, 3.63) is 32.7 Å². The zero-order valence-electron chi connectivity index (χ0n) is 8.31. The molecule has 0 spiro atoms. The van der Waals surface area contributed by atoms with E-state index in [9.17, 15) is 4.79 Å². The highest BCUT2D eigenvalue weighted by molar-refractivity contribution is 9.13. The minimum absolute atomic E-state index is 0.0361. The summed E-state index contributed by atoms with van der Waals surface area (Å²) in [7, 11) is 0. The van der Waals surface area contributed by atoms with Gasteiger partial charge in [0, 0.05) is 14.9 Å². The highest BCUT2D eigenvalue weighted by Crippen LogP contribution is 2.65. The standard InChI is InChI=1S/C11H8Br2Cl2O/c1-5(16)9-10(11(9,14)15)6-2-3-7(12)8(13)4-6/h2-4,9-10H,1H3. The van der Waals surface area contributed by atoms with Gasteiger partial charge in [-0.1, -0.05) is 6.07 Å². The Morgan fingerprint density at radius 2 is 1.94 bits per heavy atom. The van der Waals surface area contributed by atoms with Gasteiger partial charge in [0.1, 0.15) is 10.1 Å². The molecule has 0 radical (unpaired) electrons. The van der Waals surface area contributed by atoms with E-state index >= 15 is 0 Å². The number of Topliss-reactive ketones (excluding diaryl/α,β-unsaturated/α-hetero) is 1. The van der Waals surface area contributed by atoms with Crippen molar-refractivity contribution in [1.82, 2.24) is 0 Å². The van der Waals surface area contributed by atoms with Gasteiger partial charge in [-0.15, -0.1) is 23.2 Å². The van der Waals surface area contributed by atoms with Crippen LogP contribution in [0.15, 0.2) is 27.1 Å². The van der Waals surface area contributed by atoms with E-state index in [4.69, 9.17) is 23.2 Å². The van der Waals surface area contributed by atoms with Crippen molar-refractivity contribution in [2.45, 2.75) is 17.2 Å². The van der Waals surface area contributed by atoms with Gasteiger partial charge in [-0.3, -0.25) is 4.79 Å². The third-order valence-corrected chi connectivity index (χ3v) is 5.61. The minimum atomic E-state index is -0.945. The van der Waals surface area contributed by atoms with Gasteiger partial charge >= 0.3 is 0 Å². The molecular formula is C11H8Br2Cl2O. The average Bonchev–Trinajstić information content (AvgIpc) is 2.74. The van der Waals surface area contributed by atoms with Crippen LogP contribution in [0.2, 0.25) is 0 Å². The lowest BCUT2D eigenvalue weighted by Gasteiger charge is -2.02. The molecule has 0 N–H and O–H groups in total. The average molecular weight is 387 g/mol. The van der Waals surface area contributed by atoms with Crippen molar-refractivity contribution in [2.75, 3.05) is 0 Å². The van der Waals surface area contributed by atoms with E-state index < -0.39 is 4.33 Å². The zero-order chi connectivity index (χ0) is 12.1. The molecule has 1 saturated carbocycles. The first-order chi connectivity index (χ1) is 7.35. The summed E-state index contributed by atoms with van der Waals surface area (Å²) in [6, 6.07) is 5.79. The van der Waals surface area contributed by atoms with Crippen molar-refractivity contribution < 1.29 is 4.79 Å². The fourth-order valence-corrected chi connectivity index (χ4v) is 3.53. The van der Waals surface area contributed by atoms with Gasteiger partial charge < -0.3 is 0 Å². The molecule has 0 aromatic heterocycles. The number of carbonyl (C=O) groups excluding carboxylic acids is 1. The smallest absolute Gasteiger partial charge is 0.136 e. The van der Waals surface area contributed by atoms with Crippen LogP contribution in [0.1, 0.15) is 18.4 Å². The maximum absolute atomic E-state index is 11.4. The van der Waals surface area contributed by atoms with E-state index in [1.165, 1.54) is 6.92 Å². The van der Waals surface area contributed by atoms with Crippen molar-refractivity contribution in [1.29, 1.82) is 0 Å². The summed E-state index contributed by atoms with van der Waals surface area (Å²) < 4.78 is 0.952. The van der Waals surface area contributed by atoms with Gasteiger partial charge in [0.05, 0.1) is 5.92 Å². The van der Waals surface area contributed by atoms with Crippen molar-refractivity contribution >= 4 is 60.8 Å². The predicted molar refractivity (Wildman–Crippen MR) is 73.2 cm³/mol. The second-order valence-electron chi connectivity index (χ2n) is 3.91. The van der Waals surface area contributed by atoms with Crippen LogP contribution in [-0.2, 0) is 4.79 Å².